The van der Waals surface area contributed by atoms with Crippen molar-refractivity contribution < 1.29 is 14.3 Å². The van der Waals surface area contributed by atoms with E-state index in [1.165, 1.54) is 11.7 Å². The number of carbonyl (C=O) groups excluding carboxylic acids is 1. The summed E-state index contributed by atoms with van der Waals surface area (Å²) in [5.74, 6) is -0.440. The fourth-order valence-electron chi connectivity index (χ4n) is 1.20. The fourth-order valence-corrected chi connectivity index (χ4v) is 1.20. The van der Waals surface area contributed by atoms with Gasteiger partial charge in [0.2, 0.25) is 0 Å². The Morgan fingerprint density at radius 2 is 2.19 bits per heavy atom. The molecule has 0 bridgehead atoms. The average Bonchev–Trinajstić information content (AvgIpc) is 2.25. The number of ether oxygens (including phenoxy) is 2. The molecule has 0 aliphatic rings. The Morgan fingerprint density at radius 1 is 1.44 bits per heavy atom. The van der Waals surface area contributed by atoms with Crippen LogP contribution in [0.1, 0.15) is 5.56 Å². The lowest BCUT2D eigenvalue weighted by Crippen LogP contribution is -2.26. The van der Waals surface area contributed by atoms with Crippen LogP contribution < -0.4 is 5.56 Å². The molecule has 0 saturated carbocycles. The van der Waals surface area contributed by atoms with Gasteiger partial charge in [-0.15, -0.1) is 0 Å². The molecule has 0 fully saturated rings. The van der Waals surface area contributed by atoms with Gasteiger partial charge in [-0.3, -0.25) is 9.59 Å². The van der Waals surface area contributed by atoms with Crippen LogP contribution in [0, 0.1) is 6.92 Å². The van der Waals surface area contributed by atoms with E-state index in [1.54, 1.807) is 25.3 Å². The van der Waals surface area contributed by atoms with Crippen LogP contribution >= 0.6 is 0 Å². The van der Waals surface area contributed by atoms with Crippen LogP contribution in [0.3, 0.4) is 0 Å². The third-order valence-corrected chi connectivity index (χ3v) is 2.06. The minimum Gasteiger partial charge on any atom is -0.462 e. The third kappa shape index (κ3) is 3.51. The molecule has 0 spiro atoms. The second kappa shape index (κ2) is 6.07. The van der Waals surface area contributed by atoms with Gasteiger partial charge in [-0.25, -0.2) is 0 Å². The lowest BCUT2D eigenvalue weighted by molar-refractivity contribution is -0.145. The van der Waals surface area contributed by atoms with Gasteiger partial charge < -0.3 is 14.0 Å². The minimum atomic E-state index is -0.440. The molecule has 0 aliphatic heterocycles. The van der Waals surface area contributed by atoms with Crippen molar-refractivity contribution in [1.82, 2.24) is 4.57 Å². The second-order valence-electron chi connectivity index (χ2n) is 3.34. The highest BCUT2D eigenvalue weighted by atomic mass is 16.6. The van der Waals surface area contributed by atoms with Crippen LogP contribution in [-0.2, 0) is 20.8 Å². The predicted octanol–water partition coefficient (Wildman–Crippen LogP) is 0.346. The van der Waals surface area contributed by atoms with Crippen LogP contribution in [0.15, 0.2) is 23.1 Å². The Labute approximate surface area is 93.6 Å². The number of nitrogens with zero attached hydrogens (tertiary/aromatic N) is 1. The number of methoxy groups -OCH3 is 1. The van der Waals surface area contributed by atoms with Crippen LogP contribution in [0.2, 0.25) is 0 Å². The number of hydrogen-bond donors (Lipinski definition) is 0. The average molecular weight is 225 g/mol. The van der Waals surface area contributed by atoms with Gasteiger partial charge in [-0.1, -0.05) is 6.07 Å². The first kappa shape index (κ1) is 12.4. The zero-order chi connectivity index (χ0) is 12.0. The van der Waals surface area contributed by atoms with E-state index < -0.39 is 5.97 Å². The number of rotatable bonds is 5. The van der Waals surface area contributed by atoms with Gasteiger partial charge in [0.05, 0.1) is 6.61 Å². The van der Waals surface area contributed by atoms with E-state index in [0.717, 1.165) is 0 Å². The zero-order valence-corrected chi connectivity index (χ0v) is 9.43. The normalized spacial score (nSPS) is 10.1. The zero-order valence-electron chi connectivity index (χ0n) is 9.43. The maximum atomic E-state index is 11.6. The van der Waals surface area contributed by atoms with Crippen molar-refractivity contribution in [3.05, 3.63) is 34.2 Å². The van der Waals surface area contributed by atoms with E-state index in [-0.39, 0.29) is 18.7 Å². The van der Waals surface area contributed by atoms with Gasteiger partial charge in [-0.2, -0.15) is 0 Å². The fraction of sp³-hybridized carbons (Fsp3) is 0.455. The van der Waals surface area contributed by atoms with E-state index in [4.69, 9.17) is 9.47 Å². The van der Waals surface area contributed by atoms with E-state index in [2.05, 4.69) is 0 Å². The minimum absolute atomic E-state index is 0.0653. The number of aromatic nitrogens is 1. The Hall–Kier alpha value is -1.62. The summed E-state index contributed by atoms with van der Waals surface area (Å²) in [6.07, 6.45) is 1.56. The van der Waals surface area contributed by atoms with E-state index in [9.17, 15) is 9.59 Å². The first-order chi connectivity index (χ1) is 7.65. The maximum Gasteiger partial charge on any atom is 0.326 e. The number of carbonyl (C=O) groups is 1. The molecule has 1 rings (SSSR count). The lowest BCUT2D eigenvalue weighted by atomic mass is 10.3. The van der Waals surface area contributed by atoms with Gasteiger partial charge in [-0.05, 0) is 13.0 Å². The molecule has 0 amide bonds. The highest BCUT2D eigenvalue weighted by Gasteiger charge is 2.06. The van der Waals surface area contributed by atoms with E-state index >= 15 is 0 Å². The largest absolute Gasteiger partial charge is 0.462 e. The molecule has 0 aliphatic carbocycles. The van der Waals surface area contributed by atoms with Gasteiger partial charge in [0, 0.05) is 18.9 Å². The topological polar surface area (TPSA) is 57.5 Å². The lowest BCUT2D eigenvalue weighted by Gasteiger charge is -2.06. The predicted molar refractivity (Wildman–Crippen MR) is 58.3 cm³/mol. The summed E-state index contributed by atoms with van der Waals surface area (Å²) >= 11 is 0. The molecule has 1 aromatic heterocycles. The standard InChI is InChI=1S/C11H15NO4/c1-9-4-3-5-12(11(9)14)8-10(13)16-7-6-15-2/h3-5H,6-8H2,1-2H3. The Bertz CT molecular complexity index is 411. The monoisotopic (exact) mass is 225 g/mol. The third-order valence-electron chi connectivity index (χ3n) is 2.06. The van der Waals surface area contributed by atoms with Gasteiger partial charge in [0.1, 0.15) is 13.2 Å². The Kier molecular flexibility index (Phi) is 4.72. The van der Waals surface area contributed by atoms with E-state index in [1.807, 2.05) is 0 Å². The number of pyridine rings is 1. The van der Waals surface area contributed by atoms with Gasteiger partial charge in [0.25, 0.3) is 5.56 Å². The Balaban J connectivity index is 2.56. The molecule has 1 heterocycles. The smallest absolute Gasteiger partial charge is 0.326 e. The molecule has 5 nitrogen and oxygen atoms in total. The van der Waals surface area contributed by atoms with Crippen molar-refractivity contribution in [3.63, 3.8) is 0 Å². The first-order valence-electron chi connectivity index (χ1n) is 4.95. The molecular weight excluding hydrogens is 210 g/mol. The van der Waals surface area contributed by atoms with Gasteiger partial charge in [0.15, 0.2) is 0 Å². The van der Waals surface area contributed by atoms with Crippen molar-refractivity contribution in [2.75, 3.05) is 20.3 Å². The molecule has 0 radical (unpaired) electrons. The SMILES string of the molecule is COCCOC(=O)Cn1cccc(C)c1=O. The summed E-state index contributed by atoms with van der Waals surface area (Å²) in [5.41, 5.74) is 0.429. The molecule has 0 N–H and O–H groups in total. The molecular formula is C11H15NO4. The summed E-state index contributed by atoms with van der Waals surface area (Å²) in [6, 6.07) is 3.42. The maximum absolute atomic E-state index is 11.6. The molecule has 88 valence electrons. The number of esters is 1. The highest BCUT2D eigenvalue weighted by molar-refractivity contribution is 5.69. The molecule has 0 saturated heterocycles. The summed E-state index contributed by atoms with van der Waals surface area (Å²) in [5, 5.41) is 0. The number of hydrogen-bond acceptors (Lipinski definition) is 4. The van der Waals surface area contributed by atoms with Crippen molar-refractivity contribution in [1.29, 1.82) is 0 Å². The first-order valence-corrected chi connectivity index (χ1v) is 4.95. The molecule has 16 heavy (non-hydrogen) atoms. The summed E-state index contributed by atoms with van der Waals surface area (Å²) < 4.78 is 10.9. The molecule has 0 aromatic carbocycles. The molecule has 1 aromatic rings. The van der Waals surface area contributed by atoms with Crippen molar-refractivity contribution in [2.45, 2.75) is 13.5 Å². The Morgan fingerprint density at radius 3 is 2.88 bits per heavy atom. The van der Waals surface area contributed by atoms with Crippen molar-refractivity contribution in [3.8, 4) is 0 Å². The van der Waals surface area contributed by atoms with Crippen LogP contribution in [-0.4, -0.2) is 30.9 Å². The summed E-state index contributed by atoms with van der Waals surface area (Å²) in [7, 11) is 1.53. The highest BCUT2D eigenvalue weighted by Crippen LogP contribution is 1.90. The second-order valence-corrected chi connectivity index (χ2v) is 3.34. The molecule has 5 heteroatoms. The van der Waals surface area contributed by atoms with Crippen molar-refractivity contribution in [2.24, 2.45) is 0 Å². The summed E-state index contributed by atoms with van der Waals surface area (Å²) in [6.45, 7) is 2.20. The van der Waals surface area contributed by atoms with Crippen LogP contribution in [0.4, 0.5) is 0 Å². The van der Waals surface area contributed by atoms with E-state index in [0.29, 0.717) is 12.2 Å². The quantitative estimate of drug-likeness (QED) is 0.536. The van der Waals surface area contributed by atoms with Crippen LogP contribution in [0.5, 0.6) is 0 Å². The van der Waals surface area contributed by atoms with Crippen LogP contribution in [0.25, 0.3) is 0 Å². The van der Waals surface area contributed by atoms with Crippen molar-refractivity contribution >= 4 is 5.97 Å². The molecule has 0 unspecified atom stereocenters. The number of aryl methyl sites for hydroxylation is 1. The van der Waals surface area contributed by atoms with Gasteiger partial charge >= 0.3 is 5.97 Å². The summed E-state index contributed by atoms with van der Waals surface area (Å²) in [4.78, 5) is 22.9. The molecule has 0 atom stereocenters.